The first-order chi connectivity index (χ1) is 14.2. The van der Waals surface area contributed by atoms with E-state index in [0.29, 0.717) is 12.3 Å². The smallest absolute Gasteiger partial charge is 0.238 e. The lowest BCUT2D eigenvalue weighted by Gasteiger charge is -2.39. The first kappa shape index (κ1) is 27.5. The first-order valence-electron chi connectivity index (χ1n) is 11.5. The van der Waals surface area contributed by atoms with Gasteiger partial charge >= 0.3 is 0 Å². The average molecular weight is 445 g/mol. The van der Waals surface area contributed by atoms with Gasteiger partial charge in [-0.25, -0.2) is 4.89 Å². The van der Waals surface area contributed by atoms with Gasteiger partial charge in [0.25, 0.3) is 0 Å². The van der Waals surface area contributed by atoms with Crippen molar-refractivity contribution in [3.8, 4) is 0 Å². The molecule has 174 valence electrons. The van der Waals surface area contributed by atoms with Gasteiger partial charge < -0.3 is 0 Å². The van der Waals surface area contributed by atoms with Gasteiger partial charge in [-0.2, -0.15) is 0 Å². The molecule has 0 aliphatic heterocycles. The van der Waals surface area contributed by atoms with Crippen molar-refractivity contribution in [1.82, 2.24) is 0 Å². The highest BCUT2D eigenvalue weighted by Gasteiger charge is 2.41. The fourth-order valence-corrected chi connectivity index (χ4v) is 3.84. The van der Waals surface area contributed by atoms with Gasteiger partial charge in [0.05, 0.1) is 0 Å². The van der Waals surface area contributed by atoms with Crippen LogP contribution in [0.25, 0.3) is 6.08 Å². The number of ketones is 1. The van der Waals surface area contributed by atoms with Crippen molar-refractivity contribution >= 4 is 20.2 Å². The van der Waals surface area contributed by atoms with Crippen LogP contribution in [0.4, 0.5) is 0 Å². The summed E-state index contributed by atoms with van der Waals surface area (Å²) in [5.41, 5.74) is 0.606. The Morgan fingerprint density at radius 3 is 2.19 bits per heavy atom. The highest BCUT2D eigenvalue weighted by Crippen LogP contribution is 2.38. The Hall–Kier alpha value is -1.49. The normalized spacial score (nSPS) is 17.1. The van der Waals surface area contributed by atoms with E-state index >= 15 is 0 Å². The maximum atomic E-state index is 11.9. The van der Waals surface area contributed by atoms with Gasteiger partial charge in [0.1, 0.15) is 11.4 Å². The number of Topliss-reactive ketones (excluding diaryl/α,β-unsaturated/α-hetero) is 1. The number of carbonyl (C=O) groups excluding carboxylic acids is 1. The molecule has 31 heavy (non-hydrogen) atoms. The third kappa shape index (κ3) is 10.6. The Bertz CT molecular complexity index is 731. The van der Waals surface area contributed by atoms with Crippen molar-refractivity contribution in [2.75, 3.05) is 0 Å². The third-order valence-electron chi connectivity index (χ3n) is 6.02. The molecule has 0 fully saturated rings. The van der Waals surface area contributed by atoms with E-state index in [-0.39, 0.29) is 16.7 Å². The van der Waals surface area contributed by atoms with Crippen LogP contribution in [0.15, 0.2) is 48.6 Å². The van der Waals surface area contributed by atoms with Crippen LogP contribution in [-0.4, -0.2) is 19.7 Å². The van der Waals surface area contributed by atoms with Gasteiger partial charge in [0, 0.05) is 6.42 Å². The molecule has 0 heterocycles. The molecular weight excluding hydrogens is 400 g/mol. The van der Waals surface area contributed by atoms with E-state index in [9.17, 15) is 4.79 Å². The predicted octanol–water partition coefficient (Wildman–Crippen LogP) is 8.00. The molecular formula is C27H44O3Si. The van der Waals surface area contributed by atoms with Crippen LogP contribution in [0.1, 0.15) is 73.3 Å². The van der Waals surface area contributed by atoms with Crippen LogP contribution in [0.5, 0.6) is 0 Å². The lowest BCUT2D eigenvalue weighted by Crippen LogP contribution is -2.45. The molecule has 0 radical (unpaired) electrons. The number of benzene rings is 1. The zero-order valence-corrected chi connectivity index (χ0v) is 22.2. The van der Waals surface area contributed by atoms with Crippen molar-refractivity contribution in [2.24, 2.45) is 11.8 Å². The molecule has 3 atom stereocenters. The van der Waals surface area contributed by atoms with E-state index < -0.39 is 13.9 Å². The number of carbonyl (C=O) groups is 1. The Kier molecular flexibility index (Phi) is 10.6. The molecule has 0 aliphatic carbocycles. The summed E-state index contributed by atoms with van der Waals surface area (Å²) in [6, 6.07) is 10.4. The molecule has 0 spiro atoms. The number of hydrogen-bond acceptors (Lipinski definition) is 3. The Morgan fingerprint density at radius 1 is 1.03 bits per heavy atom. The van der Waals surface area contributed by atoms with Gasteiger partial charge in [-0.1, -0.05) is 89.3 Å². The Morgan fingerprint density at radius 2 is 1.65 bits per heavy atom. The van der Waals surface area contributed by atoms with Crippen LogP contribution in [-0.2, 0) is 14.3 Å². The fourth-order valence-electron chi connectivity index (χ4n) is 3.18. The average Bonchev–Trinajstić information content (AvgIpc) is 2.64. The van der Waals surface area contributed by atoms with E-state index in [1.807, 2.05) is 13.0 Å². The number of hydrogen-bond donors (Lipinski definition) is 0. The van der Waals surface area contributed by atoms with Gasteiger partial charge in [-0.05, 0) is 62.2 Å². The summed E-state index contributed by atoms with van der Waals surface area (Å²) in [5.74, 6) is 0.875. The van der Waals surface area contributed by atoms with Crippen LogP contribution >= 0.6 is 0 Å². The second-order valence-corrected chi connectivity index (χ2v) is 15.5. The third-order valence-corrected chi connectivity index (χ3v) is 10.1. The number of allylic oxidation sites excluding steroid dienone is 3. The Labute approximate surface area is 192 Å². The maximum Gasteiger partial charge on any atom is 0.238 e. The van der Waals surface area contributed by atoms with Crippen LogP contribution in [0.3, 0.4) is 0 Å². The molecule has 3 nitrogen and oxygen atoms in total. The van der Waals surface area contributed by atoms with Gasteiger partial charge in [-0.15, -0.1) is 0 Å². The minimum absolute atomic E-state index is 0.0546. The molecule has 1 aromatic carbocycles. The minimum atomic E-state index is -2.05. The second-order valence-electron chi connectivity index (χ2n) is 10.8. The summed E-state index contributed by atoms with van der Waals surface area (Å²) >= 11 is 0. The van der Waals surface area contributed by atoms with E-state index in [1.54, 1.807) is 6.92 Å². The summed E-state index contributed by atoms with van der Waals surface area (Å²) < 4.78 is 6.03. The zero-order chi connectivity index (χ0) is 23.7. The molecule has 0 bridgehead atoms. The highest BCUT2D eigenvalue weighted by atomic mass is 28.4. The molecule has 0 aliphatic rings. The van der Waals surface area contributed by atoms with Crippen molar-refractivity contribution in [3.05, 3.63) is 54.1 Å². The van der Waals surface area contributed by atoms with Crippen molar-refractivity contribution < 1.29 is 14.3 Å². The lowest BCUT2D eigenvalue weighted by atomic mass is 9.88. The minimum Gasteiger partial charge on any atom is -0.300 e. The highest BCUT2D eigenvalue weighted by molar-refractivity contribution is 6.73. The summed E-state index contributed by atoms with van der Waals surface area (Å²) in [6.07, 6.45) is 11.0. The van der Waals surface area contributed by atoms with Gasteiger partial charge in [0.15, 0.2) is 0 Å². The molecule has 4 heteroatoms. The summed E-state index contributed by atoms with van der Waals surface area (Å²) in [7, 11) is -2.05. The Balaban J connectivity index is 2.66. The van der Waals surface area contributed by atoms with Crippen LogP contribution < -0.4 is 0 Å². The largest absolute Gasteiger partial charge is 0.300 e. The van der Waals surface area contributed by atoms with Gasteiger partial charge in [0.2, 0.25) is 8.32 Å². The molecule has 1 rings (SSSR count). The van der Waals surface area contributed by atoms with Crippen molar-refractivity contribution in [1.29, 1.82) is 0 Å². The van der Waals surface area contributed by atoms with E-state index in [4.69, 9.17) is 9.46 Å². The second kappa shape index (κ2) is 11.9. The van der Waals surface area contributed by atoms with Crippen molar-refractivity contribution in [3.63, 3.8) is 0 Å². The van der Waals surface area contributed by atoms with E-state index in [1.165, 1.54) is 5.56 Å². The molecule has 1 aromatic rings. The topological polar surface area (TPSA) is 35.5 Å². The zero-order valence-electron chi connectivity index (χ0n) is 21.2. The van der Waals surface area contributed by atoms with Crippen LogP contribution in [0.2, 0.25) is 18.1 Å². The molecule has 0 N–H and O–H groups in total. The lowest BCUT2D eigenvalue weighted by molar-refractivity contribution is -0.301. The quantitative estimate of drug-likeness (QED) is 0.142. The van der Waals surface area contributed by atoms with Gasteiger partial charge in [-0.3, -0.25) is 9.37 Å². The first-order valence-corrected chi connectivity index (χ1v) is 14.4. The SMILES string of the molecule is CC(=O)C[C@@](C)(C[C@@H](C)/C=C/C[C@H](C)/C=C/c1ccccc1)OO[Si](C)(C)C(C)(C)C. The molecule has 0 saturated carbocycles. The molecule has 0 amide bonds. The molecule has 0 aromatic heterocycles. The van der Waals surface area contributed by atoms with Crippen molar-refractivity contribution in [2.45, 2.75) is 91.5 Å². The molecule has 0 unspecified atom stereocenters. The summed E-state index contributed by atoms with van der Waals surface area (Å²) in [6.45, 7) is 18.9. The predicted molar refractivity (Wildman–Crippen MR) is 135 cm³/mol. The van der Waals surface area contributed by atoms with E-state index in [0.717, 1.165) is 12.8 Å². The van der Waals surface area contributed by atoms with E-state index in [2.05, 4.69) is 96.3 Å². The monoisotopic (exact) mass is 444 g/mol. The maximum absolute atomic E-state index is 11.9. The molecule has 0 saturated heterocycles. The standard InChI is InChI=1S/C27H44O3Si/c1-22(18-19-25-16-11-10-12-17-25)14-13-15-23(2)20-27(7,21-24(3)28)29-30-31(8,9)26(4,5)6/h10-13,15-19,22-23H,14,20-21H2,1-9H3/b15-13+,19-18+/t22-,23-,27+/m0/s1. The number of rotatable bonds is 12. The summed E-state index contributed by atoms with van der Waals surface area (Å²) in [4.78, 5) is 17.9. The fraction of sp³-hybridized carbons (Fsp3) is 0.593. The van der Waals surface area contributed by atoms with Crippen LogP contribution in [0, 0.1) is 11.8 Å². The summed E-state index contributed by atoms with van der Waals surface area (Å²) in [5, 5.41) is 0.0546.